The first-order valence-corrected chi connectivity index (χ1v) is 6.66. The van der Waals surface area contributed by atoms with Gasteiger partial charge in [-0.3, -0.25) is 0 Å². The maximum absolute atomic E-state index is 12.7. The van der Waals surface area contributed by atoms with Gasteiger partial charge in [-0.1, -0.05) is 46.9 Å². The number of hydrogen-bond acceptors (Lipinski definition) is 0. The summed E-state index contributed by atoms with van der Waals surface area (Å²) < 4.78 is 38.2. The minimum atomic E-state index is -4.38. The number of aryl methyl sites for hydroxylation is 1. The van der Waals surface area contributed by atoms with Crippen molar-refractivity contribution in [2.75, 3.05) is 0 Å². The van der Waals surface area contributed by atoms with Gasteiger partial charge in [0.05, 0.1) is 15.6 Å². The monoisotopic (exact) mass is 338 g/mol. The van der Waals surface area contributed by atoms with Crippen molar-refractivity contribution in [1.82, 2.24) is 0 Å². The van der Waals surface area contributed by atoms with E-state index in [4.69, 9.17) is 34.8 Å². The van der Waals surface area contributed by atoms with Gasteiger partial charge in [0.2, 0.25) is 0 Å². The molecule has 0 N–H and O–H groups in total. The van der Waals surface area contributed by atoms with Crippen molar-refractivity contribution in [1.29, 1.82) is 0 Å². The highest BCUT2D eigenvalue weighted by atomic mass is 35.5. The van der Waals surface area contributed by atoms with E-state index >= 15 is 0 Å². The Hall–Kier alpha value is -0.900. The first-order chi connectivity index (χ1) is 9.20. The Kier molecular flexibility index (Phi) is 4.24. The Balaban J connectivity index is 2.59. The highest BCUT2D eigenvalue weighted by Crippen LogP contribution is 2.39. The van der Waals surface area contributed by atoms with Crippen LogP contribution in [0.2, 0.25) is 15.1 Å². The largest absolute Gasteiger partial charge is 0.416 e. The van der Waals surface area contributed by atoms with Gasteiger partial charge in [0, 0.05) is 10.6 Å². The second-order valence-corrected chi connectivity index (χ2v) is 5.52. The highest BCUT2D eigenvalue weighted by Gasteiger charge is 2.32. The predicted molar refractivity (Wildman–Crippen MR) is 76.6 cm³/mol. The van der Waals surface area contributed by atoms with E-state index in [1.807, 2.05) is 0 Å². The van der Waals surface area contributed by atoms with E-state index in [9.17, 15) is 13.2 Å². The summed E-state index contributed by atoms with van der Waals surface area (Å²) in [7, 11) is 0. The maximum atomic E-state index is 12.7. The summed E-state index contributed by atoms with van der Waals surface area (Å²) >= 11 is 17.9. The van der Waals surface area contributed by atoms with Crippen LogP contribution in [0, 0.1) is 6.92 Å². The molecule has 0 radical (unpaired) electrons. The quantitative estimate of drug-likeness (QED) is 0.546. The van der Waals surface area contributed by atoms with Gasteiger partial charge >= 0.3 is 6.18 Å². The average molecular weight is 340 g/mol. The summed E-state index contributed by atoms with van der Waals surface area (Å²) in [4.78, 5) is 0. The van der Waals surface area contributed by atoms with Crippen LogP contribution in [-0.4, -0.2) is 0 Å². The Bertz CT molecular complexity index is 640. The molecular weight excluding hydrogens is 332 g/mol. The second-order valence-electron chi connectivity index (χ2n) is 4.27. The van der Waals surface area contributed by atoms with E-state index in [1.54, 1.807) is 0 Å². The zero-order chi connectivity index (χ0) is 15.1. The van der Waals surface area contributed by atoms with Crippen molar-refractivity contribution < 1.29 is 13.2 Å². The molecule has 0 aliphatic carbocycles. The topological polar surface area (TPSA) is 0 Å². The molecule has 0 fully saturated rings. The second kappa shape index (κ2) is 5.47. The van der Waals surface area contributed by atoms with Crippen LogP contribution in [0.25, 0.3) is 11.1 Å². The molecule has 2 aromatic carbocycles. The predicted octanol–water partition coefficient (Wildman–Crippen LogP) is 6.64. The number of hydrogen-bond donors (Lipinski definition) is 0. The normalized spacial score (nSPS) is 11.8. The van der Waals surface area contributed by atoms with E-state index in [0.717, 1.165) is 6.07 Å². The van der Waals surface area contributed by atoms with E-state index < -0.39 is 11.7 Å². The molecule has 0 aromatic heterocycles. The van der Waals surface area contributed by atoms with E-state index in [2.05, 4.69) is 0 Å². The summed E-state index contributed by atoms with van der Waals surface area (Å²) in [5.41, 5.74) is 0.413. The minimum absolute atomic E-state index is 0.108. The zero-order valence-electron chi connectivity index (χ0n) is 10.2. The van der Waals surface area contributed by atoms with Gasteiger partial charge in [-0.25, -0.2) is 0 Å². The summed E-state index contributed by atoms with van der Waals surface area (Å²) in [5, 5.41) is 0.954. The fourth-order valence-electron chi connectivity index (χ4n) is 1.96. The van der Waals surface area contributed by atoms with Crippen molar-refractivity contribution in [3.63, 3.8) is 0 Å². The van der Waals surface area contributed by atoms with Crippen molar-refractivity contribution in [3.8, 4) is 11.1 Å². The van der Waals surface area contributed by atoms with Crippen LogP contribution < -0.4 is 0 Å². The molecule has 0 heterocycles. The van der Waals surface area contributed by atoms with Crippen LogP contribution >= 0.6 is 34.8 Å². The molecule has 0 amide bonds. The van der Waals surface area contributed by atoms with Gasteiger partial charge in [0.15, 0.2) is 0 Å². The fraction of sp³-hybridized carbons (Fsp3) is 0.143. The van der Waals surface area contributed by atoms with E-state index in [-0.39, 0.29) is 5.56 Å². The molecule has 0 saturated heterocycles. The van der Waals surface area contributed by atoms with Crippen molar-refractivity contribution in [2.24, 2.45) is 0 Å². The van der Waals surface area contributed by atoms with Crippen LogP contribution in [0.3, 0.4) is 0 Å². The maximum Gasteiger partial charge on any atom is 0.416 e. The third-order valence-electron chi connectivity index (χ3n) is 2.83. The molecular formula is C14H8Cl3F3. The SMILES string of the molecule is Cc1cc(-c2c(Cl)cc(Cl)cc2Cl)ccc1C(F)(F)F. The molecule has 6 heteroatoms. The van der Waals surface area contributed by atoms with Crippen LogP contribution in [0.15, 0.2) is 30.3 Å². The van der Waals surface area contributed by atoms with Crippen LogP contribution in [0.1, 0.15) is 11.1 Å². The Morgan fingerprint density at radius 1 is 0.900 bits per heavy atom. The fourth-order valence-corrected chi connectivity index (χ4v) is 2.99. The molecule has 0 saturated carbocycles. The van der Waals surface area contributed by atoms with Gasteiger partial charge in [0.1, 0.15) is 0 Å². The third kappa shape index (κ3) is 3.05. The first-order valence-electron chi connectivity index (χ1n) is 5.53. The number of alkyl halides is 3. The summed E-state index contributed by atoms with van der Waals surface area (Å²) in [6, 6.07) is 6.77. The van der Waals surface area contributed by atoms with Gasteiger partial charge in [-0.15, -0.1) is 0 Å². The highest BCUT2D eigenvalue weighted by molar-refractivity contribution is 6.41. The van der Waals surface area contributed by atoms with Gasteiger partial charge in [-0.2, -0.15) is 13.2 Å². The lowest BCUT2D eigenvalue weighted by Gasteiger charge is -2.13. The molecule has 2 rings (SSSR count). The molecule has 0 bridgehead atoms. The molecule has 0 spiro atoms. The Labute approximate surface area is 129 Å². The van der Waals surface area contributed by atoms with Gasteiger partial charge in [0.25, 0.3) is 0 Å². The molecule has 106 valence electrons. The standard InChI is InChI=1S/C14H8Cl3F3/c1-7-4-8(2-3-10(7)14(18,19)20)13-11(16)5-9(15)6-12(13)17/h2-6H,1H3. The molecule has 2 aromatic rings. The van der Waals surface area contributed by atoms with Gasteiger partial charge in [-0.05, 0) is 36.2 Å². The summed E-state index contributed by atoms with van der Waals surface area (Å²) in [5.74, 6) is 0. The zero-order valence-corrected chi connectivity index (χ0v) is 12.4. The number of halogens is 6. The van der Waals surface area contributed by atoms with Gasteiger partial charge < -0.3 is 0 Å². The molecule has 0 nitrogen and oxygen atoms in total. The average Bonchev–Trinajstić information content (AvgIpc) is 2.25. The van der Waals surface area contributed by atoms with E-state index in [1.165, 1.54) is 31.2 Å². The van der Waals surface area contributed by atoms with Crippen LogP contribution in [-0.2, 0) is 6.18 Å². The number of rotatable bonds is 1. The lowest BCUT2D eigenvalue weighted by molar-refractivity contribution is -0.138. The first kappa shape index (κ1) is 15.5. The molecule has 0 unspecified atom stereocenters. The lowest BCUT2D eigenvalue weighted by Crippen LogP contribution is -2.07. The Morgan fingerprint density at radius 3 is 1.90 bits per heavy atom. The summed E-state index contributed by atoms with van der Waals surface area (Å²) in [6.07, 6.45) is -4.38. The smallest absolute Gasteiger partial charge is 0.166 e. The Morgan fingerprint density at radius 2 is 1.45 bits per heavy atom. The lowest BCUT2D eigenvalue weighted by atomic mass is 9.99. The molecule has 0 aliphatic rings. The number of benzene rings is 2. The summed E-state index contributed by atoms with van der Waals surface area (Å²) in [6.45, 7) is 1.39. The molecule has 20 heavy (non-hydrogen) atoms. The van der Waals surface area contributed by atoms with Crippen LogP contribution in [0.5, 0.6) is 0 Å². The minimum Gasteiger partial charge on any atom is -0.166 e. The molecule has 0 atom stereocenters. The molecule has 0 aliphatic heterocycles. The van der Waals surface area contributed by atoms with Crippen molar-refractivity contribution >= 4 is 34.8 Å². The third-order valence-corrected chi connectivity index (χ3v) is 3.64. The van der Waals surface area contributed by atoms with Crippen LogP contribution in [0.4, 0.5) is 13.2 Å². The van der Waals surface area contributed by atoms with E-state index in [0.29, 0.717) is 26.2 Å². The van der Waals surface area contributed by atoms with Crippen molar-refractivity contribution in [2.45, 2.75) is 13.1 Å². The van der Waals surface area contributed by atoms with Crippen molar-refractivity contribution in [3.05, 3.63) is 56.5 Å².